The van der Waals surface area contributed by atoms with Crippen molar-refractivity contribution >= 4 is 33.3 Å². The Hall–Kier alpha value is -3.59. The lowest BCUT2D eigenvalue weighted by molar-refractivity contribution is -0.274. The quantitative estimate of drug-likeness (QED) is 0.200. The van der Waals surface area contributed by atoms with Crippen molar-refractivity contribution in [1.29, 1.82) is 0 Å². The lowest BCUT2D eigenvalue weighted by Gasteiger charge is -2.22. The summed E-state index contributed by atoms with van der Waals surface area (Å²) in [5.41, 5.74) is 2.57. The smallest absolute Gasteiger partial charge is 0.406 e. The van der Waals surface area contributed by atoms with E-state index in [1.54, 1.807) is 26.2 Å². The van der Waals surface area contributed by atoms with Crippen LogP contribution in [0.25, 0.3) is 20.8 Å². The highest BCUT2D eigenvalue weighted by Crippen LogP contribution is 2.39. The second-order valence-electron chi connectivity index (χ2n) is 10.1. The van der Waals surface area contributed by atoms with Crippen LogP contribution < -0.4 is 15.4 Å². The van der Waals surface area contributed by atoms with E-state index in [0.29, 0.717) is 39.6 Å². The first-order chi connectivity index (χ1) is 19.4. The number of thiazole rings is 1. The van der Waals surface area contributed by atoms with Crippen LogP contribution in [-0.4, -0.2) is 66.0 Å². The highest BCUT2D eigenvalue weighted by molar-refractivity contribution is 7.21. The minimum absolute atomic E-state index is 0.236. The normalized spacial score (nSPS) is 22.5. The van der Waals surface area contributed by atoms with Crippen molar-refractivity contribution < 1.29 is 33.2 Å². The average Bonchev–Trinajstić information content (AvgIpc) is 3.44. The maximum atomic E-state index is 12.5. The molecule has 1 aliphatic carbocycles. The SMILES string of the molecule is Cc1nc(N[C@H](C)c2ccc(OC(F)(F)F)cc2)nc(N[C@@H]2C[C@@H](C(C)O)[C@@H](O)[C@H]2O)c1-c1nc2cnccc2s1. The average molecular weight is 591 g/mol. The number of benzene rings is 1. The monoisotopic (exact) mass is 590 g/mol. The Morgan fingerprint density at radius 2 is 1.78 bits per heavy atom. The Balaban J connectivity index is 1.47. The van der Waals surface area contributed by atoms with Crippen LogP contribution in [0.3, 0.4) is 0 Å². The summed E-state index contributed by atoms with van der Waals surface area (Å²) in [6, 6.07) is 6.35. The summed E-state index contributed by atoms with van der Waals surface area (Å²) in [7, 11) is 0. The van der Waals surface area contributed by atoms with Gasteiger partial charge in [0.2, 0.25) is 5.95 Å². The zero-order valence-electron chi connectivity index (χ0n) is 22.3. The van der Waals surface area contributed by atoms with Gasteiger partial charge in [0.15, 0.2) is 0 Å². The lowest BCUT2D eigenvalue weighted by atomic mass is 10.00. The lowest BCUT2D eigenvalue weighted by Crippen LogP contribution is -2.36. The van der Waals surface area contributed by atoms with E-state index in [2.05, 4.69) is 25.3 Å². The van der Waals surface area contributed by atoms with Gasteiger partial charge in [-0.15, -0.1) is 24.5 Å². The number of rotatable bonds is 8. The third kappa shape index (κ3) is 6.35. The number of alkyl halides is 3. The minimum Gasteiger partial charge on any atom is -0.406 e. The van der Waals surface area contributed by atoms with Gasteiger partial charge in [0.1, 0.15) is 28.2 Å². The number of fused-ring (bicyclic) bond motifs is 1. The number of aromatic nitrogens is 4. The molecule has 10 nitrogen and oxygen atoms in total. The van der Waals surface area contributed by atoms with Gasteiger partial charge in [0.25, 0.3) is 0 Å². The van der Waals surface area contributed by atoms with Gasteiger partial charge in [0, 0.05) is 12.1 Å². The molecule has 5 N–H and O–H groups in total. The van der Waals surface area contributed by atoms with Crippen molar-refractivity contribution in [2.24, 2.45) is 5.92 Å². The molecule has 1 aliphatic rings. The van der Waals surface area contributed by atoms with Crippen molar-refractivity contribution in [3.63, 3.8) is 0 Å². The van der Waals surface area contributed by atoms with E-state index in [0.717, 1.165) is 4.70 Å². The molecule has 3 aromatic heterocycles. The van der Waals surface area contributed by atoms with Crippen LogP contribution in [0.2, 0.25) is 0 Å². The summed E-state index contributed by atoms with van der Waals surface area (Å²) >= 11 is 1.43. The zero-order chi connectivity index (χ0) is 29.5. The van der Waals surface area contributed by atoms with Crippen LogP contribution in [0.5, 0.6) is 5.75 Å². The highest BCUT2D eigenvalue weighted by atomic mass is 32.1. The number of nitrogens with one attached hydrogen (secondary N) is 2. The number of hydrogen-bond acceptors (Lipinski definition) is 11. The molecule has 1 fully saturated rings. The van der Waals surface area contributed by atoms with Gasteiger partial charge >= 0.3 is 6.36 Å². The molecule has 4 aromatic rings. The van der Waals surface area contributed by atoms with E-state index in [-0.39, 0.29) is 17.7 Å². The van der Waals surface area contributed by atoms with E-state index in [1.165, 1.54) is 35.6 Å². The molecule has 0 amide bonds. The van der Waals surface area contributed by atoms with Crippen molar-refractivity contribution in [2.45, 2.75) is 63.9 Å². The van der Waals surface area contributed by atoms with Gasteiger partial charge < -0.3 is 30.7 Å². The molecule has 6 atom stereocenters. The summed E-state index contributed by atoms with van der Waals surface area (Å²) in [5, 5.41) is 38.4. The first-order valence-electron chi connectivity index (χ1n) is 12.9. The molecule has 1 aromatic carbocycles. The maximum Gasteiger partial charge on any atom is 0.573 e. The fourth-order valence-corrected chi connectivity index (χ4v) is 6.02. The van der Waals surface area contributed by atoms with Crippen LogP contribution in [0.15, 0.2) is 42.7 Å². The Bertz CT molecular complexity index is 1480. The van der Waals surface area contributed by atoms with Crippen molar-refractivity contribution in [2.75, 3.05) is 10.6 Å². The van der Waals surface area contributed by atoms with Gasteiger partial charge in [-0.05, 0) is 51.0 Å². The fraction of sp³-hybridized carbons (Fsp3) is 0.407. The van der Waals surface area contributed by atoms with Gasteiger partial charge in [-0.1, -0.05) is 12.1 Å². The van der Waals surface area contributed by atoms with Gasteiger partial charge in [-0.2, -0.15) is 4.98 Å². The maximum absolute atomic E-state index is 12.5. The minimum atomic E-state index is -4.78. The predicted octanol–water partition coefficient (Wildman–Crippen LogP) is 4.43. The molecular formula is C27H29F3N6O4S. The van der Waals surface area contributed by atoms with Crippen LogP contribution in [0.1, 0.15) is 37.6 Å². The molecule has 41 heavy (non-hydrogen) atoms. The van der Waals surface area contributed by atoms with E-state index in [4.69, 9.17) is 9.97 Å². The predicted molar refractivity (Wildman–Crippen MR) is 148 cm³/mol. The van der Waals surface area contributed by atoms with Crippen LogP contribution in [-0.2, 0) is 0 Å². The summed E-state index contributed by atoms with van der Waals surface area (Å²) in [6.45, 7) is 5.18. The zero-order valence-corrected chi connectivity index (χ0v) is 23.1. The molecular weight excluding hydrogens is 561 g/mol. The Morgan fingerprint density at radius 3 is 2.41 bits per heavy atom. The number of aliphatic hydroxyl groups excluding tert-OH is 3. The second kappa shape index (κ2) is 11.4. The Morgan fingerprint density at radius 1 is 1.05 bits per heavy atom. The molecule has 0 bridgehead atoms. The number of halogens is 3. The molecule has 3 heterocycles. The molecule has 0 spiro atoms. The third-order valence-corrected chi connectivity index (χ3v) is 8.18. The number of anilines is 2. The van der Waals surface area contributed by atoms with E-state index in [1.807, 2.05) is 13.0 Å². The molecule has 14 heteroatoms. The highest BCUT2D eigenvalue weighted by Gasteiger charge is 2.44. The number of hydrogen-bond donors (Lipinski definition) is 5. The fourth-order valence-electron chi connectivity index (χ4n) is 4.99. The first kappa shape index (κ1) is 28.9. The van der Waals surface area contributed by atoms with E-state index < -0.39 is 36.6 Å². The number of ether oxygens (including phenoxy) is 1. The number of nitrogens with zero attached hydrogens (tertiary/aromatic N) is 4. The number of aliphatic hydroxyl groups is 3. The first-order valence-corrected chi connectivity index (χ1v) is 13.7. The van der Waals surface area contributed by atoms with Crippen LogP contribution >= 0.6 is 11.3 Å². The van der Waals surface area contributed by atoms with Crippen LogP contribution in [0.4, 0.5) is 24.9 Å². The van der Waals surface area contributed by atoms with Crippen molar-refractivity contribution in [1.82, 2.24) is 19.9 Å². The van der Waals surface area contributed by atoms with E-state index in [9.17, 15) is 28.5 Å². The Labute approximate surface area is 237 Å². The Kier molecular flexibility index (Phi) is 8.01. The second-order valence-corrected chi connectivity index (χ2v) is 11.1. The summed E-state index contributed by atoms with van der Waals surface area (Å²) < 4.78 is 42.4. The van der Waals surface area contributed by atoms with Gasteiger partial charge in [0.05, 0.1) is 46.4 Å². The van der Waals surface area contributed by atoms with Gasteiger partial charge in [-0.25, -0.2) is 9.97 Å². The molecule has 0 saturated heterocycles. The van der Waals surface area contributed by atoms with Crippen LogP contribution in [0, 0.1) is 12.8 Å². The number of pyridine rings is 1. The summed E-state index contributed by atoms with van der Waals surface area (Å²) in [4.78, 5) is 18.1. The third-order valence-electron chi connectivity index (χ3n) is 7.12. The molecule has 1 saturated carbocycles. The molecule has 0 aliphatic heterocycles. The molecule has 1 unspecified atom stereocenters. The number of aryl methyl sites for hydroxylation is 1. The topological polar surface area (TPSA) is 146 Å². The van der Waals surface area contributed by atoms with Crippen molar-refractivity contribution in [3.8, 4) is 16.3 Å². The standard InChI is InChI=1S/C27H29F3N6O4S/c1-12(15-4-6-16(7-5-15)40-27(28,29)30)32-26-33-13(2)21(25-35-19-11-31-9-8-20(19)41-25)24(36-26)34-18-10-17(14(3)37)22(38)23(18)39/h4-9,11-12,14,17-18,22-23,37-39H,10H2,1-3H3,(H2,32,33,34,36)/t12-,14?,17+,18-,22-,23+/m1/s1. The molecule has 0 radical (unpaired) electrons. The largest absolute Gasteiger partial charge is 0.573 e. The molecule has 218 valence electrons. The van der Waals surface area contributed by atoms with Gasteiger partial charge in [-0.3, -0.25) is 4.98 Å². The van der Waals surface area contributed by atoms with Crippen molar-refractivity contribution in [3.05, 3.63) is 54.0 Å². The summed E-state index contributed by atoms with van der Waals surface area (Å²) in [6.07, 6.45) is -4.22. The summed E-state index contributed by atoms with van der Waals surface area (Å²) in [5.74, 6) is -0.241. The molecule has 5 rings (SSSR count). The van der Waals surface area contributed by atoms with E-state index >= 15 is 0 Å².